The van der Waals surface area contributed by atoms with Crippen LogP contribution in [0.25, 0.3) is 5.69 Å². The first-order valence-electron chi connectivity index (χ1n) is 7.00. The number of aromatic amines is 1. The van der Waals surface area contributed by atoms with E-state index in [0.29, 0.717) is 31.7 Å². The summed E-state index contributed by atoms with van der Waals surface area (Å²) in [6.07, 6.45) is 0.262. The fourth-order valence-electron chi connectivity index (χ4n) is 2.53. The predicted octanol–water partition coefficient (Wildman–Crippen LogP) is 1.68. The first kappa shape index (κ1) is 13.5. The van der Waals surface area contributed by atoms with E-state index >= 15 is 0 Å². The second kappa shape index (κ2) is 5.47. The third-order valence-electron chi connectivity index (χ3n) is 3.59. The topological polar surface area (TPSA) is 67.3 Å². The molecule has 1 aliphatic heterocycles. The molecule has 3 rings (SSSR count). The fraction of sp³-hybridized carbons (Fsp3) is 0.333. The van der Waals surface area contributed by atoms with Crippen molar-refractivity contribution in [2.24, 2.45) is 0 Å². The number of H-pyrrole nitrogens is 1. The van der Waals surface area contributed by atoms with Crippen molar-refractivity contribution >= 4 is 6.09 Å². The number of hydrogen-bond donors (Lipinski definition) is 1. The lowest BCUT2D eigenvalue weighted by molar-refractivity contribution is 0.102. The van der Waals surface area contributed by atoms with E-state index in [1.165, 1.54) is 4.68 Å². The number of nitrogens with zero attached hydrogens (tertiary/aromatic N) is 2. The number of amides is 1. The highest BCUT2D eigenvalue weighted by atomic mass is 16.6. The minimum absolute atomic E-state index is 0.106. The lowest BCUT2D eigenvalue weighted by Crippen LogP contribution is -2.37. The smallest absolute Gasteiger partial charge is 0.410 e. The second-order valence-electron chi connectivity index (χ2n) is 4.92. The van der Waals surface area contributed by atoms with E-state index in [9.17, 15) is 9.59 Å². The van der Waals surface area contributed by atoms with Gasteiger partial charge in [0.2, 0.25) is 0 Å². The van der Waals surface area contributed by atoms with Crippen molar-refractivity contribution in [3.05, 3.63) is 51.9 Å². The fourth-order valence-corrected chi connectivity index (χ4v) is 2.53. The van der Waals surface area contributed by atoms with Gasteiger partial charge in [-0.2, -0.15) is 0 Å². The van der Waals surface area contributed by atoms with Crippen molar-refractivity contribution in [1.82, 2.24) is 14.7 Å². The number of para-hydroxylation sites is 1. The number of carbonyl (C=O) groups excluding carboxylic acids is 1. The average Bonchev–Trinajstić information content (AvgIpc) is 2.85. The van der Waals surface area contributed by atoms with E-state index in [0.717, 1.165) is 11.4 Å². The van der Waals surface area contributed by atoms with Crippen molar-refractivity contribution < 1.29 is 9.53 Å². The molecule has 0 aliphatic carbocycles. The molecule has 0 saturated carbocycles. The molecule has 1 aromatic carbocycles. The number of hydrogen-bond acceptors (Lipinski definition) is 3. The quantitative estimate of drug-likeness (QED) is 0.913. The Kier molecular flexibility index (Phi) is 3.51. The van der Waals surface area contributed by atoms with Crippen LogP contribution in [0.1, 0.15) is 18.2 Å². The van der Waals surface area contributed by atoms with Crippen LogP contribution in [0, 0.1) is 0 Å². The molecule has 6 heteroatoms. The summed E-state index contributed by atoms with van der Waals surface area (Å²) >= 11 is 0. The van der Waals surface area contributed by atoms with Crippen molar-refractivity contribution in [3.8, 4) is 5.69 Å². The van der Waals surface area contributed by atoms with Crippen LogP contribution in [0.2, 0.25) is 0 Å². The number of ether oxygens (including phenoxy) is 1. The van der Waals surface area contributed by atoms with Gasteiger partial charge in [0.1, 0.15) is 0 Å². The van der Waals surface area contributed by atoms with Crippen molar-refractivity contribution in [3.63, 3.8) is 0 Å². The zero-order valence-electron chi connectivity index (χ0n) is 11.8. The molecular weight excluding hydrogens is 270 g/mol. The normalized spacial score (nSPS) is 13.9. The van der Waals surface area contributed by atoms with Gasteiger partial charge in [-0.15, -0.1) is 0 Å². The summed E-state index contributed by atoms with van der Waals surface area (Å²) in [6, 6.07) is 9.40. The molecule has 1 N–H and O–H groups in total. The van der Waals surface area contributed by atoms with E-state index in [-0.39, 0.29) is 11.7 Å². The second-order valence-corrected chi connectivity index (χ2v) is 4.92. The van der Waals surface area contributed by atoms with Crippen LogP contribution < -0.4 is 5.56 Å². The molecule has 1 amide bonds. The molecule has 2 heterocycles. The standard InChI is InChI=1S/C15H17N3O3/c1-2-21-15(20)17-9-8-13-12(10-17)14(19)18(16-13)11-6-4-3-5-7-11/h3-7,16H,2,8-10H2,1H3. The summed E-state index contributed by atoms with van der Waals surface area (Å²) in [5.41, 5.74) is 2.22. The van der Waals surface area contributed by atoms with Crippen molar-refractivity contribution in [2.45, 2.75) is 19.9 Å². The Bertz CT molecular complexity index is 703. The summed E-state index contributed by atoms with van der Waals surface area (Å²) in [5, 5.41) is 3.14. The lowest BCUT2D eigenvalue weighted by Gasteiger charge is -2.24. The van der Waals surface area contributed by atoms with Crippen LogP contribution in [0.15, 0.2) is 35.1 Å². The molecule has 0 saturated heterocycles. The van der Waals surface area contributed by atoms with Crippen molar-refractivity contribution in [1.29, 1.82) is 0 Å². The van der Waals surface area contributed by atoms with E-state index in [2.05, 4.69) is 5.10 Å². The maximum atomic E-state index is 12.5. The van der Waals surface area contributed by atoms with Gasteiger partial charge in [-0.3, -0.25) is 9.89 Å². The molecule has 0 atom stereocenters. The number of fused-ring (bicyclic) bond motifs is 1. The molecule has 6 nitrogen and oxygen atoms in total. The van der Waals surface area contributed by atoms with Crippen LogP contribution >= 0.6 is 0 Å². The summed E-state index contributed by atoms with van der Waals surface area (Å²) in [5.74, 6) is 0. The number of rotatable bonds is 2. The molecule has 1 aliphatic rings. The van der Waals surface area contributed by atoms with E-state index in [1.54, 1.807) is 11.8 Å². The Morgan fingerprint density at radius 3 is 2.81 bits per heavy atom. The molecule has 0 bridgehead atoms. The van der Waals surface area contributed by atoms with Crippen LogP contribution in [-0.4, -0.2) is 33.9 Å². The zero-order chi connectivity index (χ0) is 14.8. The van der Waals surface area contributed by atoms with Crippen LogP contribution in [0.3, 0.4) is 0 Å². The molecule has 110 valence electrons. The molecule has 0 spiro atoms. The minimum atomic E-state index is -0.366. The SMILES string of the molecule is CCOC(=O)N1CCc2[nH]n(-c3ccccc3)c(=O)c2C1. The average molecular weight is 287 g/mol. The molecule has 0 unspecified atom stereocenters. The van der Waals surface area contributed by atoms with E-state index < -0.39 is 0 Å². The van der Waals surface area contributed by atoms with Crippen LogP contribution in [-0.2, 0) is 17.7 Å². The van der Waals surface area contributed by atoms with Crippen LogP contribution in [0.5, 0.6) is 0 Å². The molecular formula is C15H17N3O3. The first-order valence-corrected chi connectivity index (χ1v) is 7.00. The van der Waals surface area contributed by atoms with Crippen LogP contribution in [0.4, 0.5) is 4.79 Å². The predicted molar refractivity (Wildman–Crippen MR) is 77.5 cm³/mol. The van der Waals surface area contributed by atoms with Gasteiger partial charge < -0.3 is 9.64 Å². The van der Waals surface area contributed by atoms with Gasteiger partial charge in [0.05, 0.1) is 24.4 Å². The van der Waals surface area contributed by atoms with Gasteiger partial charge in [0.25, 0.3) is 5.56 Å². The summed E-state index contributed by atoms with van der Waals surface area (Å²) in [6.45, 7) is 2.96. The Morgan fingerprint density at radius 2 is 2.10 bits per heavy atom. The lowest BCUT2D eigenvalue weighted by atomic mass is 10.1. The Labute approximate surface area is 121 Å². The third kappa shape index (κ3) is 2.44. The number of nitrogens with one attached hydrogen (secondary N) is 1. The van der Waals surface area contributed by atoms with Gasteiger partial charge in [0.15, 0.2) is 0 Å². The summed E-state index contributed by atoms with van der Waals surface area (Å²) in [7, 11) is 0. The highest BCUT2D eigenvalue weighted by Crippen LogP contribution is 2.16. The Balaban J connectivity index is 1.92. The number of benzene rings is 1. The molecule has 1 aromatic heterocycles. The van der Waals surface area contributed by atoms with E-state index in [4.69, 9.17) is 4.74 Å². The highest BCUT2D eigenvalue weighted by molar-refractivity contribution is 5.68. The largest absolute Gasteiger partial charge is 0.450 e. The highest BCUT2D eigenvalue weighted by Gasteiger charge is 2.26. The number of carbonyl (C=O) groups is 1. The maximum absolute atomic E-state index is 12.5. The minimum Gasteiger partial charge on any atom is -0.450 e. The van der Waals surface area contributed by atoms with Gasteiger partial charge >= 0.3 is 6.09 Å². The van der Waals surface area contributed by atoms with Crippen molar-refractivity contribution in [2.75, 3.05) is 13.2 Å². The maximum Gasteiger partial charge on any atom is 0.410 e. The summed E-state index contributed by atoms with van der Waals surface area (Å²) in [4.78, 5) is 25.8. The zero-order valence-corrected chi connectivity index (χ0v) is 11.8. The monoisotopic (exact) mass is 287 g/mol. The molecule has 2 aromatic rings. The van der Waals surface area contributed by atoms with E-state index in [1.807, 2.05) is 30.3 Å². The Morgan fingerprint density at radius 1 is 1.33 bits per heavy atom. The van der Waals surface area contributed by atoms with Gasteiger partial charge in [-0.25, -0.2) is 9.48 Å². The van der Waals surface area contributed by atoms with Gasteiger partial charge in [-0.05, 0) is 19.1 Å². The van der Waals surface area contributed by atoms with Gasteiger partial charge in [-0.1, -0.05) is 18.2 Å². The third-order valence-corrected chi connectivity index (χ3v) is 3.59. The number of aromatic nitrogens is 2. The molecule has 21 heavy (non-hydrogen) atoms. The van der Waals surface area contributed by atoms with Gasteiger partial charge in [0, 0.05) is 18.7 Å². The Hall–Kier alpha value is -2.50. The summed E-state index contributed by atoms with van der Waals surface area (Å²) < 4.78 is 6.52. The molecule has 0 radical (unpaired) electrons. The first-order chi connectivity index (χ1) is 10.2. The molecule has 0 fully saturated rings.